The molecule has 0 N–H and O–H groups in total. The normalized spacial score (nSPS) is 11.2. The first-order valence-corrected chi connectivity index (χ1v) is 8.88. The lowest BCUT2D eigenvalue weighted by Crippen LogP contribution is -2.09. The lowest BCUT2D eigenvalue weighted by atomic mass is 9.98. The summed E-state index contributed by atoms with van der Waals surface area (Å²) in [6.45, 7) is 1.83. The van der Waals surface area contributed by atoms with Crippen LogP contribution < -0.4 is 5.76 Å². The minimum atomic E-state index is -0.869. The first-order valence-electron chi connectivity index (χ1n) is 8.88. The highest BCUT2D eigenvalue weighted by Gasteiger charge is 2.18. The quantitative estimate of drug-likeness (QED) is 0.487. The van der Waals surface area contributed by atoms with E-state index in [-0.39, 0.29) is 6.42 Å². The first-order chi connectivity index (χ1) is 13.9. The fraction of sp³-hybridized carbons (Fsp3) is 0.136. The maximum Gasteiger partial charge on any atom is 0.420 e. The number of Topliss-reactive ketones (excluding diaryl/α,β-unsaturated/α-hetero) is 1. The van der Waals surface area contributed by atoms with Gasteiger partial charge in [0, 0.05) is 30.8 Å². The molecule has 0 fully saturated rings. The third-order valence-electron chi connectivity index (χ3n) is 4.92. The van der Waals surface area contributed by atoms with E-state index in [2.05, 4.69) is 4.98 Å². The summed E-state index contributed by atoms with van der Waals surface area (Å²) in [4.78, 5) is 28.3. The highest BCUT2D eigenvalue weighted by molar-refractivity contribution is 5.98. The Labute approximate surface area is 164 Å². The summed E-state index contributed by atoms with van der Waals surface area (Å²) >= 11 is 0. The Kier molecular flexibility index (Phi) is 4.58. The molecule has 0 aliphatic heterocycles. The summed E-state index contributed by atoms with van der Waals surface area (Å²) in [7, 11) is 1.59. The Morgan fingerprint density at radius 1 is 1.10 bits per heavy atom. The van der Waals surface area contributed by atoms with Gasteiger partial charge in [-0.1, -0.05) is 30.3 Å². The van der Waals surface area contributed by atoms with Crippen molar-refractivity contribution in [3.63, 3.8) is 0 Å². The summed E-state index contributed by atoms with van der Waals surface area (Å²) < 4.78 is 34.2. The summed E-state index contributed by atoms with van der Waals surface area (Å²) in [6, 6.07) is 10.4. The molecule has 2 aromatic heterocycles. The number of carbonyl (C=O) groups excluding carboxylic acids is 1. The van der Waals surface area contributed by atoms with Gasteiger partial charge in [-0.15, -0.1) is 0 Å². The molecule has 7 heteroatoms. The Morgan fingerprint density at radius 3 is 2.41 bits per heavy atom. The van der Waals surface area contributed by atoms with E-state index in [1.807, 2.05) is 6.92 Å². The number of oxazole rings is 1. The zero-order chi connectivity index (χ0) is 20.7. The van der Waals surface area contributed by atoms with Crippen molar-refractivity contribution in [3.05, 3.63) is 87.5 Å². The number of hydrogen-bond acceptors (Lipinski definition) is 4. The largest absolute Gasteiger partial charge is 0.420 e. The van der Waals surface area contributed by atoms with E-state index < -0.39 is 28.7 Å². The van der Waals surface area contributed by atoms with E-state index in [0.717, 1.165) is 28.8 Å². The minimum absolute atomic E-state index is 0.123. The van der Waals surface area contributed by atoms with Gasteiger partial charge in [0.1, 0.15) is 11.6 Å². The minimum Gasteiger partial charge on any atom is -0.406 e. The average Bonchev–Trinajstić information content (AvgIpc) is 2.98. The molecule has 0 atom stereocenters. The van der Waals surface area contributed by atoms with Crippen molar-refractivity contribution < 1.29 is 18.0 Å². The van der Waals surface area contributed by atoms with Crippen LogP contribution in [-0.4, -0.2) is 15.3 Å². The van der Waals surface area contributed by atoms with E-state index in [4.69, 9.17) is 4.42 Å². The lowest BCUT2D eigenvalue weighted by molar-refractivity contribution is 0.0985. The summed E-state index contributed by atoms with van der Waals surface area (Å²) in [5, 5.41) is 0. The van der Waals surface area contributed by atoms with E-state index in [9.17, 15) is 18.4 Å². The van der Waals surface area contributed by atoms with Crippen LogP contribution in [0.15, 0.2) is 57.9 Å². The second kappa shape index (κ2) is 7.09. The number of aromatic nitrogens is 2. The molecule has 146 valence electrons. The Bertz CT molecular complexity index is 1280. The molecule has 0 bridgehead atoms. The van der Waals surface area contributed by atoms with Crippen molar-refractivity contribution in [3.8, 4) is 11.1 Å². The van der Waals surface area contributed by atoms with Gasteiger partial charge in [-0.2, -0.15) is 0 Å². The Morgan fingerprint density at radius 2 is 1.76 bits per heavy atom. The van der Waals surface area contributed by atoms with E-state index in [1.165, 1.54) is 10.6 Å². The Balaban J connectivity index is 1.63. The standard InChI is InChI=1S/C22H16F2N2O3/c1-12-15(11-25-21-20(12)29-22(28)26(21)2)14-8-6-13(7-9-14)10-18(27)19-16(23)4-3-5-17(19)24/h3-9,11H,10H2,1-2H3. The van der Waals surface area contributed by atoms with Crippen LogP contribution in [0.5, 0.6) is 0 Å². The molecule has 0 unspecified atom stereocenters. The molecule has 4 rings (SSSR count). The van der Waals surface area contributed by atoms with Gasteiger partial charge < -0.3 is 4.42 Å². The molecule has 0 spiro atoms. The molecule has 0 saturated heterocycles. The van der Waals surface area contributed by atoms with E-state index in [0.29, 0.717) is 16.8 Å². The smallest absolute Gasteiger partial charge is 0.406 e. The van der Waals surface area contributed by atoms with Gasteiger partial charge in [0.25, 0.3) is 0 Å². The van der Waals surface area contributed by atoms with Gasteiger partial charge >= 0.3 is 5.76 Å². The maximum atomic E-state index is 13.8. The molecule has 4 aromatic rings. The van der Waals surface area contributed by atoms with Gasteiger partial charge in [-0.25, -0.2) is 18.6 Å². The van der Waals surface area contributed by atoms with Crippen molar-refractivity contribution in [2.75, 3.05) is 0 Å². The van der Waals surface area contributed by atoms with Gasteiger partial charge in [0.2, 0.25) is 0 Å². The molecule has 2 aromatic carbocycles. The number of pyridine rings is 1. The summed E-state index contributed by atoms with van der Waals surface area (Å²) in [6.07, 6.45) is 1.53. The predicted octanol–water partition coefficient (Wildman–Crippen LogP) is 4.21. The highest BCUT2D eigenvalue weighted by Crippen LogP contribution is 2.28. The number of rotatable bonds is 4. The molecule has 0 saturated carbocycles. The van der Waals surface area contributed by atoms with Gasteiger partial charge in [0.05, 0.1) is 5.56 Å². The zero-order valence-corrected chi connectivity index (χ0v) is 15.7. The molecule has 2 heterocycles. The van der Waals surface area contributed by atoms with Crippen molar-refractivity contribution in [2.45, 2.75) is 13.3 Å². The predicted molar refractivity (Wildman–Crippen MR) is 104 cm³/mol. The third-order valence-corrected chi connectivity index (χ3v) is 4.92. The van der Waals surface area contributed by atoms with Gasteiger partial charge in [0.15, 0.2) is 17.0 Å². The number of carbonyl (C=O) groups is 1. The van der Waals surface area contributed by atoms with Crippen LogP contribution in [0.3, 0.4) is 0 Å². The number of halogens is 2. The molecule has 0 amide bonds. The number of ketones is 1. The van der Waals surface area contributed by atoms with Gasteiger partial charge in [-0.05, 0) is 30.2 Å². The van der Waals surface area contributed by atoms with Crippen LogP contribution in [0.1, 0.15) is 21.5 Å². The van der Waals surface area contributed by atoms with Crippen LogP contribution in [0.2, 0.25) is 0 Å². The number of aryl methyl sites for hydroxylation is 2. The lowest BCUT2D eigenvalue weighted by Gasteiger charge is -2.08. The molecular weight excluding hydrogens is 378 g/mol. The molecular formula is C22H16F2N2O3. The van der Waals surface area contributed by atoms with Crippen LogP contribution in [-0.2, 0) is 13.5 Å². The van der Waals surface area contributed by atoms with Crippen LogP contribution in [0.25, 0.3) is 22.4 Å². The average molecular weight is 394 g/mol. The zero-order valence-electron chi connectivity index (χ0n) is 15.7. The van der Waals surface area contributed by atoms with Gasteiger partial charge in [-0.3, -0.25) is 9.36 Å². The van der Waals surface area contributed by atoms with Crippen LogP contribution in [0, 0.1) is 18.6 Å². The number of fused-ring (bicyclic) bond motifs is 1. The van der Waals surface area contributed by atoms with Crippen molar-refractivity contribution in [1.82, 2.24) is 9.55 Å². The Hall–Kier alpha value is -3.61. The highest BCUT2D eigenvalue weighted by atomic mass is 19.1. The monoisotopic (exact) mass is 394 g/mol. The van der Waals surface area contributed by atoms with Crippen molar-refractivity contribution >= 4 is 17.0 Å². The molecule has 0 aliphatic carbocycles. The van der Waals surface area contributed by atoms with Crippen LogP contribution >= 0.6 is 0 Å². The summed E-state index contributed by atoms with van der Waals surface area (Å²) in [5.74, 6) is -2.85. The fourth-order valence-corrected chi connectivity index (χ4v) is 3.31. The topological polar surface area (TPSA) is 65.1 Å². The maximum absolute atomic E-state index is 13.8. The summed E-state index contributed by atoms with van der Waals surface area (Å²) in [5.41, 5.74) is 3.35. The van der Waals surface area contributed by atoms with Crippen LogP contribution in [0.4, 0.5) is 8.78 Å². The first kappa shape index (κ1) is 18.7. The second-order valence-corrected chi connectivity index (χ2v) is 6.77. The third kappa shape index (κ3) is 3.24. The van der Waals surface area contributed by atoms with Crippen molar-refractivity contribution in [1.29, 1.82) is 0 Å². The second-order valence-electron chi connectivity index (χ2n) is 6.77. The van der Waals surface area contributed by atoms with Crippen molar-refractivity contribution in [2.24, 2.45) is 7.05 Å². The number of hydrogen-bond donors (Lipinski definition) is 0. The molecule has 0 aliphatic rings. The number of nitrogens with zero attached hydrogens (tertiary/aromatic N) is 2. The SMILES string of the molecule is Cc1c(-c2ccc(CC(=O)c3c(F)cccc3F)cc2)cnc2c1oc(=O)n2C. The molecule has 5 nitrogen and oxygen atoms in total. The van der Waals surface area contributed by atoms with E-state index >= 15 is 0 Å². The molecule has 0 radical (unpaired) electrons. The number of benzene rings is 2. The fourth-order valence-electron chi connectivity index (χ4n) is 3.31. The molecule has 29 heavy (non-hydrogen) atoms. The van der Waals surface area contributed by atoms with E-state index in [1.54, 1.807) is 37.5 Å².